The maximum absolute atomic E-state index is 11.6. The molecule has 0 aliphatic heterocycles. The van der Waals surface area contributed by atoms with Gasteiger partial charge in [-0.1, -0.05) is 22.4 Å². The molecule has 98 valence electrons. The molecule has 1 aromatic carbocycles. The fourth-order valence-corrected chi connectivity index (χ4v) is 2.85. The highest BCUT2D eigenvalue weighted by molar-refractivity contribution is 9.10. The molecule has 1 aliphatic carbocycles. The van der Waals surface area contributed by atoms with E-state index in [0.29, 0.717) is 29.9 Å². The number of aliphatic carboxylic acids is 1. The van der Waals surface area contributed by atoms with Crippen molar-refractivity contribution < 1.29 is 19.4 Å². The minimum atomic E-state index is -0.831. The number of ether oxygens (including phenoxy) is 2. The van der Waals surface area contributed by atoms with E-state index in [4.69, 9.17) is 9.47 Å². The molecule has 0 saturated heterocycles. The molecule has 0 spiro atoms. The molecule has 2 rings (SSSR count). The highest BCUT2D eigenvalue weighted by Crippen LogP contribution is 2.50. The summed E-state index contributed by atoms with van der Waals surface area (Å²) in [5.41, 5.74) is -0.141. The van der Waals surface area contributed by atoms with Crippen molar-refractivity contribution in [3.05, 3.63) is 22.2 Å². The van der Waals surface area contributed by atoms with E-state index in [2.05, 4.69) is 15.9 Å². The van der Waals surface area contributed by atoms with Gasteiger partial charge in [0.25, 0.3) is 0 Å². The van der Waals surface area contributed by atoms with Gasteiger partial charge in [-0.15, -0.1) is 0 Å². The van der Waals surface area contributed by atoms with Gasteiger partial charge in [0.2, 0.25) is 0 Å². The Bertz CT molecular complexity index is 480. The number of rotatable bonds is 4. The number of hydrogen-bond acceptors (Lipinski definition) is 3. The average Bonchev–Trinajstić information content (AvgIpc) is 2.26. The topological polar surface area (TPSA) is 55.8 Å². The Morgan fingerprint density at radius 3 is 2.39 bits per heavy atom. The normalized spacial score (nSPS) is 16.8. The lowest BCUT2D eigenvalue weighted by atomic mass is 9.64. The third-order valence-electron chi connectivity index (χ3n) is 3.58. The van der Waals surface area contributed by atoms with Crippen LogP contribution in [0.1, 0.15) is 24.8 Å². The van der Waals surface area contributed by atoms with Crippen molar-refractivity contribution in [1.29, 1.82) is 0 Å². The molecule has 0 amide bonds. The highest BCUT2D eigenvalue weighted by Gasteiger charge is 2.48. The number of carboxylic acids is 1. The van der Waals surface area contributed by atoms with Gasteiger partial charge in [0.05, 0.1) is 19.6 Å². The van der Waals surface area contributed by atoms with Gasteiger partial charge in [-0.25, -0.2) is 0 Å². The Morgan fingerprint density at radius 2 is 2.00 bits per heavy atom. The van der Waals surface area contributed by atoms with E-state index in [1.165, 1.54) is 7.11 Å². The Labute approximate surface area is 114 Å². The highest BCUT2D eigenvalue weighted by atomic mass is 79.9. The van der Waals surface area contributed by atoms with Crippen molar-refractivity contribution >= 4 is 21.9 Å². The minimum Gasteiger partial charge on any atom is -0.493 e. The molecule has 18 heavy (non-hydrogen) atoms. The first-order chi connectivity index (χ1) is 8.55. The van der Waals surface area contributed by atoms with Crippen LogP contribution in [0.2, 0.25) is 0 Å². The number of halogens is 1. The van der Waals surface area contributed by atoms with Crippen LogP contribution in [0.25, 0.3) is 0 Å². The smallest absolute Gasteiger partial charge is 0.314 e. The number of methoxy groups -OCH3 is 2. The molecule has 4 nitrogen and oxygen atoms in total. The first kappa shape index (κ1) is 13.2. The van der Waals surface area contributed by atoms with Crippen molar-refractivity contribution in [2.45, 2.75) is 24.7 Å². The lowest BCUT2D eigenvalue weighted by Crippen LogP contribution is -2.42. The summed E-state index contributed by atoms with van der Waals surface area (Å²) >= 11 is 3.38. The van der Waals surface area contributed by atoms with Crippen LogP contribution in [0.15, 0.2) is 16.6 Å². The summed E-state index contributed by atoms with van der Waals surface area (Å²) in [5.74, 6) is 0.268. The van der Waals surface area contributed by atoms with E-state index < -0.39 is 11.4 Å². The molecule has 0 heterocycles. The third-order valence-corrected chi connectivity index (χ3v) is 4.03. The zero-order valence-electron chi connectivity index (χ0n) is 10.3. The summed E-state index contributed by atoms with van der Waals surface area (Å²) in [6, 6.07) is 3.59. The number of carboxylic acid groups (broad SMARTS) is 1. The van der Waals surface area contributed by atoms with E-state index in [9.17, 15) is 9.90 Å². The number of carbonyl (C=O) groups is 1. The predicted octanol–water partition coefficient (Wildman–Crippen LogP) is 2.97. The molecule has 1 saturated carbocycles. The van der Waals surface area contributed by atoms with Crippen LogP contribution in [-0.2, 0) is 10.2 Å². The number of hydrogen-bond donors (Lipinski definition) is 1. The van der Waals surface area contributed by atoms with E-state index in [-0.39, 0.29) is 0 Å². The van der Waals surface area contributed by atoms with E-state index >= 15 is 0 Å². The molecule has 0 radical (unpaired) electrons. The Balaban J connectivity index is 2.62. The van der Waals surface area contributed by atoms with E-state index in [1.807, 2.05) is 6.07 Å². The second-order valence-electron chi connectivity index (χ2n) is 4.43. The summed E-state index contributed by atoms with van der Waals surface area (Å²) in [5, 5.41) is 9.50. The molecule has 1 N–H and O–H groups in total. The summed E-state index contributed by atoms with van der Waals surface area (Å²) < 4.78 is 11.4. The van der Waals surface area contributed by atoms with Crippen molar-refractivity contribution in [3.63, 3.8) is 0 Å². The molecule has 0 bridgehead atoms. The molecule has 1 fully saturated rings. The van der Waals surface area contributed by atoms with Crippen LogP contribution in [0.3, 0.4) is 0 Å². The van der Waals surface area contributed by atoms with Crippen molar-refractivity contribution in [2.24, 2.45) is 0 Å². The fraction of sp³-hybridized carbons (Fsp3) is 0.462. The monoisotopic (exact) mass is 314 g/mol. The summed E-state index contributed by atoms with van der Waals surface area (Å²) in [6.07, 6.45) is 2.20. The van der Waals surface area contributed by atoms with Crippen LogP contribution in [-0.4, -0.2) is 25.3 Å². The predicted molar refractivity (Wildman–Crippen MR) is 70.4 cm³/mol. The quantitative estimate of drug-likeness (QED) is 0.928. The second-order valence-corrected chi connectivity index (χ2v) is 5.35. The van der Waals surface area contributed by atoms with Gasteiger partial charge in [-0.05, 0) is 25.0 Å². The van der Waals surface area contributed by atoms with Gasteiger partial charge in [0, 0.05) is 10.0 Å². The van der Waals surface area contributed by atoms with Crippen LogP contribution >= 0.6 is 15.9 Å². The molecular formula is C13H15BrO4. The molecule has 1 aromatic rings. The molecule has 0 aromatic heterocycles. The summed E-state index contributed by atoms with van der Waals surface area (Å²) in [6.45, 7) is 0. The summed E-state index contributed by atoms with van der Waals surface area (Å²) in [7, 11) is 3.08. The van der Waals surface area contributed by atoms with E-state index in [1.54, 1.807) is 13.2 Å². The average molecular weight is 315 g/mol. The molecular weight excluding hydrogens is 300 g/mol. The Hall–Kier alpha value is -1.23. The van der Waals surface area contributed by atoms with Gasteiger partial charge < -0.3 is 14.6 Å². The molecule has 1 aliphatic rings. The maximum Gasteiger partial charge on any atom is 0.314 e. The molecule has 5 heteroatoms. The number of benzene rings is 1. The zero-order valence-corrected chi connectivity index (χ0v) is 11.9. The van der Waals surface area contributed by atoms with Crippen LogP contribution in [0.4, 0.5) is 0 Å². The van der Waals surface area contributed by atoms with Gasteiger partial charge in [0.15, 0.2) is 11.5 Å². The Kier molecular flexibility index (Phi) is 3.52. The first-order valence-corrected chi connectivity index (χ1v) is 6.50. The van der Waals surface area contributed by atoms with Crippen molar-refractivity contribution in [3.8, 4) is 11.5 Å². The Morgan fingerprint density at radius 1 is 1.33 bits per heavy atom. The summed E-state index contributed by atoms with van der Waals surface area (Å²) in [4.78, 5) is 11.6. The lowest BCUT2D eigenvalue weighted by molar-refractivity contribution is -0.147. The van der Waals surface area contributed by atoms with Gasteiger partial charge in [-0.2, -0.15) is 0 Å². The minimum absolute atomic E-state index is 0.516. The maximum atomic E-state index is 11.6. The SMILES string of the molecule is COc1cc(Br)cc(C2(C(=O)O)CCC2)c1OC. The van der Waals surface area contributed by atoms with Gasteiger partial charge in [0.1, 0.15) is 0 Å². The van der Waals surface area contributed by atoms with Crippen LogP contribution in [0.5, 0.6) is 11.5 Å². The van der Waals surface area contributed by atoms with Crippen LogP contribution < -0.4 is 9.47 Å². The standard InChI is InChI=1S/C13H15BrO4/c1-17-10-7-8(14)6-9(11(10)18-2)13(12(15)16)4-3-5-13/h6-7H,3-5H2,1-2H3,(H,15,16). The van der Waals surface area contributed by atoms with Gasteiger partial charge in [-0.3, -0.25) is 4.79 Å². The van der Waals surface area contributed by atoms with Crippen LogP contribution in [0, 0.1) is 0 Å². The first-order valence-electron chi connectivity index (χ1n) is 5.70. The second kappa shape index (κ2) is 4.80. The van der Waals surface area contributed by atoms with Gasteiger partial charge >= 0.3 is 5.97 Å². The largest absolute Gasteiger partial charge is 0.493 e. The molecule has 0 atom stereocenters. The van der Waals surface area contributed by atoms with E-state index in [0.717, 1.165) is 10.9 Å². The van der Waals surface area contributed by atoms with Crippen molar-refractivity contribution in [1.82, 2.24) is 0 Å². The fourth-order valence-electron chi connectivity index (χ4n) is 2.41. The molecule has 0 unspecified atom stereocenters. The lowest BCUT2D eigenvalue weighted by Gasteiger charge is -2.39. The third kappa shape index (κ3) is 1.86. The zero-order chi connectivity index (χ0) is 13.3. The van der Waals surface area contributed by atoms with Crippen molar-refractivity contribution in [2.75, 3.05) is 14.2 Å².